The van der Waals surface area contributed by atoms with Gasteiger partial charge in [-0.1, -0.05) is 6.07 Å². The average molecular weight is 413 g/mol. The number of sulfone groups is 1. The van der Waals surface area contributed by atoms with Crippen molar-refractivity contribution in [2.45, 2.75) is 12.5 Å². The first-order valence-electron chi connectivity index (χ1n) is 5.98. The minimum Gasteiger partial charge on any atom is -0.490 e. The van der Waals surface area contributed by atoms with E-state index in [9.17, 15) is 8.42 Å². The van der Waals surface area contributed by atoms with Crippen LogP contribution in [0.5, 0.6) is 5.75 Å². The monoisotopic (exact) mass is 411 g/mol. The molecule has 4 nitrogen and oxygen atoms in total. The van der Waals surface area contributed by atoms with Crippen LogP contribution in [-0.2, 0) is 9.84 Å². The maximum atomic E-state index is 11.3. The predicted octanol–water partition coefficient (Wildman–Crippen LogP) is 2.37. The fraction of sp³-hybridized carbons (Fsp3) is 0.500. The van der Waals surface area contributed by atoms with E-state index in [4.69, 9.17) is 4.74 Å². The van der Waals surface area contributed by atoms with Crippen molar-refractivity contribution in [3.8, 4) is 5.75 Å². The van der Waals surface area contributed by atoms with E-state index in [1.54, 1.807) is 0 Å². The molecule has 1 N–H and O–H groups in total. The van der Waals surface area contributed by atoms with Crippen molar-refractivity contribution in [1.29, 1.82) is 0 Å². The first kappa shape index (κ1) is 15.3. The molecule has 106 valence electrons. The first-order valence-corrected chi connectivity index (χ1v) is 9.39. The lowest BCUT2D eigenvalue weighted by Crippen LogP contribution is -2.33. The molecule has 1 aliphatic heterocycles. The van der Waals surface area contributed by atoms with Crippen LogP contribution in [0, 0.1) is 0 Å². The van der Waals surface area contributed by atoms with E-state index in [0.29, 0.717) is 25.3 Å². The van der Waals surface area contributed by atoms with Gasteiger partial charge in [-0.2, -0.15) is 0 Å². The van der Waals surface area contributed by atoms with Crippen LogP contribution in [0.2, 0.25) is 0 Å². The number of benzene rings is 1. The fourth-order valence-corrected chi connectivity index (χ4v) is 4.93. The Morgan fingerprint density at radius 3 is 2.58 bits per heavy atom. The van der Waals surface area contributed by atoms with E-state index in [1.807, 2.05) is 18.2 Å². The molecular formula is C12H15Br2NO3S. The van der Waals surface area contributed by atoms with Gasteiger partial charge in [-0.25, -0.2) is 8.42 Å². The second kappa shape index (κ2) is 6.56. The van der Waals surface area contributed by atoms with E-state index in [1.165, 1.54) is 0 Å². The zero-order valence-corrected chi connectivity index (χ0v) is 14.2. The average Bonchev–Trinajstić information content (AvgIpc) is 2.67. The van der Waals surface area contributed by atoms with E-state index < -0.39 is 9.84 Å². The van der Waals surface area contributed by atoms with Crippen LogP contribution in [0.25, 0.3) is 0 Å². The van der Waals surface area contributed by atoms with E-state index in [2.05, 4.69) is 37.2 Å². The van der Waals surface area contributed by atoms with Gasteiger partial charge in [0.2, 0.25) is 0 Å². The Hall–Kier alpha value is -0.110. The highest BCUT2D eigenvalue weighted by Crippen LogP contribution is 2.32. The lowest BCUT2D eigenvalue weighted by atomic mass is 10.3. The number of halogens is 2. The van der Waals surface area contributed by atoms with Crippen molar-refractivity contribution >= 4 is 41.7 Å². The molecule has 0 aliphatic carbocycles. The number of rotatable bonds is 5. The maximum Gasteiger partial charge on any atom is 0.151 e. The molecule has 1 unspecified atom stereocenters. The molecule has 2 rings (SSSR count). The Balaban J connectivity index is 1.76. The Labute approximate surface area is 130 Å². The third-order valence-electron chi connectivity index (χ3n) is 2.93. The number of hydrogen-bond acceptors (Lipinski definition) is 4. The molecule has 1 saturated heterocycles. The van der Waals surface area contributed by atoms with Crippen LogP contribution in [-0.4, -0.2) is 39.1 Å². The van der Waals surface area contributed by atoms with Gasteiger partial charge in [0.05, 0.1) is 20.5 Å². The van der Waals surface area contributed by atoms with Crippen molar-refractivity contribution in [1.82, 2.24) is 5.32 Å². The van der Waals surface area contributed by atoms with Gasteiger partial charge in [0.25, 0.3) is 0 Å². The topological polar surface area (TPSA) is 55.4 Å². The second-order valence-corrected chi connectivity index (χ2v) is 8.39. The van der Waals surface area contributed by atoms with Crippen LogP contribution in [0.15, 0.2) is 27.1 Å². The van der Waals surface area contributed by atoms with Crippen LogP contribution >= 0.6 is 31.9 Å². The molecule has 1 heterocycles. The Morgan fingerprint density at radius 2 is 2.00 bits per heavy atom. The van der Waals surface area contributed by atoms with Gasteiger partial charge in [0.15, 0.2) is 9.84 Å². The highest BCUT2D eigenvalue weighted by atomic mass is 79.9. The molecule has 1 aromatic rings. The summed E-state index contributed by atoms with van der Waals surface area (Å²) in [7, 11) is -2.82. The van der Waals surface area contributed by atoms with Gasteiger partial charge in [-0.3, -0.25) is 0 Å². The van der Waals surface area contributed by atoms with Crippen molar-refractivity contribution in [2.24, 2.45) is 0 Å². The lowest BCUT2D eigenvalue weighted by Gasteiger charge is -2.13. The summed E-state index contributed by atoms with van der Waals surface area (Å²) in [5.74, 6) is 1.30. The summed E-state index contributed by atoms with van der Waals surface area (Å²) in [6.07, 6.45) is 0.695. The van der Waals surface area contributed by atoms with Gasteiger partial charge in [-0.05, 0) is 50.4 Å². The maximum absolute atomic E-state index is 11.3. The molecule has 0 amide bonds. The molecule has 1 aliphatic rings. The normalized spacial score (nSPS) is 21.5. The Bertz CT molecular complexity index is 528. The van der Waals surface area contributed by atoms with Gasteiger partial charge in [0, 0.05) is 12.6 Å². The molecule has 0 bridgehead atoms. The molecule has 1 fully saturated rings. The third kappa shape index (κ3) is 4.44. The first-order chi connectivity index (χ1) is 8.98. The molecule has 0 aromatic heterocycles. The van der Waals surface area contributed by atoms with E-state index in [-0.39, 0.29) is 11.8 Å². The quantitative estimate of drug-likeness (QED) is 0.754. The summed E-state index contributed by atoms with van der Waals surface area (Å²) >= 11 is 6.85. The summed E-state index contributed by atoms with van der Waals surface area (Å²) in [4.78, 5) is 0. The molecule has 0 saturated carbocycles. The van der Waals surface area contributed by atoms with Crippen molar-refractivity contribution < 1.29 is 13.2 Å². The number of para-hydroxylation sites is 1. The molecule has 19 heavy (non-hydrogen) atoms. The van der Waals surface area contributed by atoms with Gasteiger partial charge in [-0.15, -0.1) is 0 Å². The summed E-state index contributed by atoms with van der Waals surface area (Å²) in [5, 5.41) is 3.21. The zero-order chi connectivity index (χ0) is 13.9. The standard InChI is InChI=1S/C12H15Br2NO3S/c13-10-2-1-3-11(14)12(10)18-6-5-15-9-4-7-19(16,17)8-9/h1-3,9,15H,4-8H2. The number of hydrogen-bond donors (Lipinski definition) is 1. The molecule has 0 spiro atoms. The van der Waals surface area contributed by atoms with Gasteiger partial charge >= 0.3 is 0 Å². The summed E-state index contributed by atoms with van der Waals surface area (Å²) in [5.41, 5.74) is 0. The molecule has 1 aromatic carbocycles. The SMILES string of the molecule is O=S1(=O)CCC(NCCOc2c(Br)cccc2Br)C1. The van der Waals surface area contributed by atoms with Gasteiger partial charge in [0.1, 0.15) is 12.4 Å². The number of nitrogens with one attached hydrogen (secondary N) is 1. The summed E-state index contributed by atoms with van der Waals surface area (Å²) < 4.78 is 30.1. The lowest BCUT2D eigenvalue weighted by molar-refractivity contribution is 0.304. The summed E-state index contributed by atoms with van der Waals surface area (Å²) in [6.45, 7) is 1.13. The molecule has 1 atom stereocenters. The third-order valence-corrected chi connectivity index (χ3v) is 5.95. The second-order valence-electron chi connectivity index (χ2n) is 4.45. The number of ether oxygens (including phenoxy) is 1. The molecule has 7 heteroatoms. The molecular weight excluding hydrogens is 398 g/mol. The summed E-state index contributed by atoms with van der Waals surface area (Å²) in [6, 6.07) is 5.81. The minimum atomic E-state index is -2.82. The largest absolute Gasteiger partial charge is 0.490 e. The Kier molecular flexibility index (Phi) is 5.28. The highest BCUT2D eigenvalue weighted by molar-refractivity contribution is 9.11. The van der Waals surface area contributed by atoms with Crippen molar-refractivity contribution in [3.05, 3.63) is 27.1 Å². The molecule has 0 radical (unpaired) electrons. The van der Waals surface area contributed by atoms with Crippen LogP contribution in [0.1, 0.15) is 6.42 Å². The van der Waals surface area contributed by atoms with Gasteiger partial charge < -0.3 is 10.1 Å². The predicted molar refractivity (Wildman–Crippen MR) is 82.4 cm³/mol. The zero-order valence-electron chi connectivity index (χ0n) is 10.2. The smallest absolute Gasteiger partial charge is 0.151 e. The fourth-order valence-electron chi connectivity index (χ4n) is 1.99. The van der Waals surface area contributed by atoms with Crippen molar-refractivity contribution in [3.63, 3.8) is 0 Å². The van der Waals surface area contributed by atoms with E-state index in [0.717, 1.165) is 14.7 Å². The van der Waals surface area contributed by atoms with Crippen LogP contribution in [0.3, 0.4) is 0 Å². The van der Waals surface area contributed by atoms with Crippen LogP contribution in [0.4, 0.5) is 0 Å². The Morgan fingerprint density at radius 1 is 1.32 bits per heavy atom. The highest BCUT2D eigenvalue weighted by Gasteiger charge is 2.27. The minimum absolute atomic E-state index is 0.0660. The van der Waals surface area contributed by atoms with E-state index >= 15 is 0 Å². The van der Waals surface area contributed by atoms with Crippen molar-refractivity contribution in [2.75, 3.05) is 24.7 Å². The van der Waals surface area contributed by atoms with Crippen LogP contribution < -0.4 is 10.1 Å².